The van der Waals surface area contributed by atoms with Crippen molar-refractivity contribution in [3.05, 3.63) is 71.3 Å². The number of benzene rings is 1. The first-order valence-corrected chi connectivity index (χ1v) is 9.40. The van der Waals surface area contributed by atoms with Crippen LogP contribution >= 0.6 is 0 Å². The van der Waals surface area contributed by atoms with Crippen LogP contribution in [0.4, 0.5) is 0 Å². The van der Waals surface area contributed by atoms with E-state index < -0.39 is 5.97 Å². The van der Waals surface area contributed by atoms with Crippen molar-refractivity contribution >= 4 is 11.8 Å². The third-order valence-electron chi connectivity index (χ3n) is 4.84. The highest BCUT2D eigenvalue weighted by Gasteiger charge is 2.20. The largest absolute Gasteiger partial charge is 0.454 e. The molecule has 3 rings (SSSR count). The highest BCUT2D eigenvalue weighted by Crippen LogP contribution is 2.21. The van der Waals surface area contributed by atoms with Crippen LogP contribution in [0, 0.1) is 13.8 Å². The molecular weight excluding hydrogens is 370 g/mol. The van der Waals surface area contributed by atoms with Crippen molar-refractivity contribution < 1.29 is 19.1 Å². The Morgan fingerprint density at radius 1 is 1.17 bits per heavy atom. The normalized spacial score (nSPS) is 12.0. The molecule has 0 saturated heterocycles. The van der Waals surface area contributed by atoms with Gasteiger partial charge in [-0.2, -0.15) is 5.10 Å². The maximum Gasteiger partial charge on any atom is 0.338 e. The quantitative estimate of drug-likeness (QED) is 0.431. The zero-order chi connectivity index (χ0) is 21.0. The molecule has 0 fully saturated rings. The lowest BCUT2D eigenvalue weighted by Gasteiger charge is -2.17. The molecule has 2 heterocycles. The van der Waals surface area contributed by atoms with Crippen molar-refractivity contribution in [1.82, 2.24) is 14.3 Å². The van der Waals surface area contributed by atoms with Gasteiger partial charge in [-0.3, -0.25) is 4.79 Å². The SMILES string of the molecule is COCC(C)n1c(C)cc(C(=O)COC(=O)c2ccc(-n3cccn3)cc2)c1C. The lowest BCUT2D eigenvalue weighted by Crippen LogP contribution is -2.17. The van der Waals surface area contributed by atoms with Gasteiger partial charge >= 0.3 is 5.97 Å². The molecule has 7 heteroatoms. The predicted octanol–water partition coefficient (Wildman–Crippen LogP) is 3.54. The number of rotatable bonds is 8. The molecule has 7 nitrogen and oxygen atoms in total. The van der Waals surface area contributed by atoms with Crippen molar-refractivity contribution in [2.45, 2.75) is 26.8 Å². The molecule has 0 aliphatic carbocycles. The van der Waals surface area contributed by atoms with Crippen LogP contribution < -0.4 is 0 Å². The minimum Gasteiger partial charge on any atom is -0.454 e. The molecule has 1 unspecified atom stereocenters. The summed E-state index contributed by atoms with van der Waals surface area (Å²) >= 11 is 0. The molecule has 0 radical (unpaired) electrons. The van der Waals surface area contributed by atoms with E-state index in [2.05, 4.69) is 9.67 Å². The molecule has 0 aliphatic rings. The smallest absolute Gasteiger partial charge is 0.338 e. The van der Waals surface area contributed by atoms with Gasteiger partial charge in [0.1, 0.15) is 0 Å². The van der Waals surface area contributed by atoms with E-state index in [9.17, 15) is 9.59 Å². The summed E-state index contributed by atoms with van der Waals surface area (Å²) in [5.74, 6) is -0.762. The summed E-state index contributed by atoms with van der Waals surface area (Å²) in [6.07, 6.45) is 3.50. The molecule has 2 aromatic heterocycles. The lowest BCUT2D eigenvalue weighted by molar-refractivity contribution is 0.0474. The second-order valence-electron chi connectivity index (χ2n) is 6.96. The summed E-state index contributed by atoms with van der Waals surface area (Å²) in [7, 11) is 1.65. The molecule has 0 saturated carbocycles. The minimum atomic E-state index is -0.535. The van der Waals surface area contributed by atoms with Crippen LogP contribution in [0.2, 0.25) is 0 Å². The van der Waals surface area contributed by atoms with E-state index in [1.165, 1.54) is 0 Å². The first kappa shape index (κ1) is 20.5. The Morgan fingerprint density at radius 3 is 2.52 bits per heavy atom. The van der Waals surface area contributed by atoms with E-state index in [1.807, 2.05) is 39.1 Å². The summed E-state index contributed by atoms with van der Waals surface area (Å²) in [6, 6.07) is 10.6. The second kappa shape index (κ2) is 8.87. The van der Waals surface area contributed by atoms with Crippen molar-refractivity contribution in [2.24, 2.45) is 0 Å². The fourth-order valence-corrected chi connectivity index (χ4v) is 3.52. The maximum atomic E-state index is 12.6. The van der Waals surface area contributed by atoms with Crippen LogP contribution in [-0.4, -0.2) is 46.4 Å². The number of nitrogens with zero attached hydrogens (tertiary/aromatic N) is 3. The van der Waals surface area contributed by atoms with Crippen LogP contribution in [-0.2, 0) is 9.47 Å². The van der Waals surface area contributed by atoms with Crippen molar-refractivity contribution in [3.8, 4) is 5.69 Å². The molecule has 0 aliphatic heterocycles. The average Bonchev–Trinajstić information content (AvgIpc) is 3.34. The summed E-state index contributed by atoms with van der Waals surface area (Å²) in [5, 5.41) is 4.14. The number of aromatic nitrogens is 3. The number of ketones is 1. The van der Waals surface area contributed by atoms with Crippen molar-refractivity contribution in [3.63, 3.8) is 0 Å². The molecule has 152 valence electrons. The van der Waals surface area contributed by atoms with Gasteiger partial charge < -0.3 is 14.0 Å². The summed E-state index contributed by atoms with van der Waals surface area (Å²) < 4.78 is 14.2. The number of Topliss-reactive ketones (excluding diaryl/α,β-unsaturated/α-hetero) is 1. The summed E-state index contributed by atoms with van der Waals surface area (Å²) in [5.41, 5.74) is 3.59. The van der Waals surface area contributed by atoms with Crippen LogP contribution in [0.25, 0.3) is 5.69 Å². The average molecular weight is 395 g/mol. The van der Waals surface area contributed by atoms with Gasteiger partial charge in [0.05, 0.1) is 23.9 Å². The number of methoxy groups -OCH3 is 1. The van der Waals surface area contributed by atoms with Crippen LogP contribution in [0.15, 0.2) is 48.8 Å². The van der Waals surface area contributed by atoms with Gasteiger partial charge in [-0.15, -0.1) is 0 Å². The Hall–Kier alpha value is -3.19. The minimum absolute atomic E-state index is 0.109. The van der Waals surface area contributed by atoms with Gasteiger partial charge in [0, 0.05) is 36.5 Å². The monoisotopic (exact) mass is 395 g/mol. The van der Waals surface area contributed by atoms with Gasteiger partial charge in [-0.25, -0.2) is 9.48 Å². The van der Waals surface area contributed by atoms with Crippen LogP contribution in [0.5, 0.6) is 0 Å². The molecule has 1 aromatic carbocycles. The first-order valence-electron chi connectivity index (χ1n) is 9.40. The molecule has 0 spiro atoms. The van der Waals surface area contributed by atoms with E-state index in [0.29, 0.717) is 17.7 Å². The van der Waals surface area contributed by atoms with Gasteiger partial charge in [-0.1, -0.05) is 0 Å². The zero-order valence-corrected chi connectivity index (χ0v) is 17.1. The zero-order valence-electron chi connectivity index (χ0n) is 17.1. The molecule has 0 bridgehead atoms. The number of ether oxygens (including phenoxy) is 2. The Bertz CT molecular complexity index is 988. The van der Waals surface area contributed by atoms with E-state index in [4.69, 9.17) is 9.47 Å². The second-order valence-corrected chi connectivity index (χ2v) is 6.96. The van der Waals surface area contributed by atoms with Crippen molar-refractivity contribution in [2.75, 3.05) is 20.3 Å². The summed E-state index contributed by atoms with van der Waals surface area (Å²) in [6.45, 7) is 6.12. The maximum absolute atomic E-state index is 12.6. The van der Waals surface area contributed by atoms with Gasteiger partial charge in [0.15, 0.2) is 6.61 Å². The Kier molecular flexibility index (Phi) is 6.29. The number of carbonyl (C=O) groups is 2. The molecule has 3 aromatic rings. The molecular formula is C22H25N3O4. The molecule has 29 heavy (non-hydrogen) atoms. The number of hydrogen-bond donors (Lipinski definition) is 0. The summed E-state index contributed by atoms with van der Waals surface area (Å²) in [4.78, 5) is 24.9. The number of esters is 1. The predicted molar refractivity (Wildman–Crippen MR) is 109 cm³/mol. The van der Waals surface area contributed by atoms with Gasteiger partial charge in [0.2, 0.25) is 5.78 Å². The van der Waals surface area contributed by atoms with E-state index in [-0.39, 0.29) is 18.4 Å². The Labute approximate surface area is 169 Å². The topological polar surface area (TPSA) is 75.3 Å². The fraction of sp³-hybridized carbons (Fsp3) is 0.318. The van der Waals surface area contributed by atoms with E-state index in [1.54, 1.807) is 42.3 Å². The van der Waals surface area contributed by atoms with Crippen LogP contribution in [0.3, 0.4) is 0 Å². The highest BCUT2D eigenvalue weighted by atomic mass is 16.5. The molecule has 0 amide bonds. The van der Waals surface area contributed by atoms with Crippen LogP contribution in [0.1, 0.15) is 45.1 Å². The van der Waals surface area contributed by atoms with E-state index in [0.717, 1.165) is 17.1 Å². The number of carbonyl (C=O) groups excluding carboxylic acids is 2. The number of aryl methyl sites for hydroxylation is 1. The lowest BCUT2D eigenvalue weighted by atomic mass is 10.1. The fourth-order valence-electron chi connectivity index (χ4n) is 3.52. The van der Waals surface area contributed by atoms with Gasteiger partial charge in [-0.05, 0) is 57.2 Å². The molecule has 0 N–H and O–H groups in total. The number of hydrogen-bond acceptors (Lipinski definition) is 5. The first-order chi connectivity index (χ1) is 13.9. The third kappa shape index (κ3) is 4.46. The van der Waals surface area contributed by atoms with Gasteiger partial charge in [0.25, 0.3) is 0 Å². The van der Waals surface area contributed by atoms with E-state index >= 15 is 0 Å². The molecule has 1 atom stereocenters. The standard InChI is InChI=1S/C22H25N3O4/c1-15-12-20(17(3)25(15)16(2)13-28-4)21(26)14-29-22(27)18-6-8-19(9-7-18)24-11-5-10-23-24/h5-12,16H,13-14H2,1-4H3. The Morgan fingerprint density at radius 2 is 1.90 bits per heavy atom. The highest BCUT2D eigenvalue weighted by molar-refractivity contribution is 6.00. The van der Waals surface area contributed by atoms with Crippen molar-refractivity contribution in [1.29, 1.82) is 0 Å². The Balaban J connectivity index is 1.65. The third-order valence-corrected chi connectivity index (χ3v) is 4.84.